The standard InChI is InChI=1S/C32H42N4O7/c1-5-34(6-2)22-12-14-23(15-13-22)35-17-9-16-32-27(29(39)36(20(3)19-37)28(32)30(35)40)26-24(43-32)10-7-8-11-25(38)33-18-21(4)42-31(26)41/h7,9-10,12-16,20-21,24,26-28,37H,5-6,8,11,17-19H2,1-4H3,(H,33,38)/b10-7-/t20-,21-,24-,26+,27+,28-,32+/m1/s1. The summed E-state index contributed by atoms with van der Waals surface area (Å²) >= 11 is 0. The number of hydrogen-bond acceptors (Lipinski definition) is 8. The molecule has 7 atom stereocenters. The Morgan fingerprint density at radius 1 is 1.09 bits per heavy atom. The van der Waals surface area contributed by atoms with Gasteiger partial charge in [0.2, 0.25) is 11.8 Å². The number of nitrogens with zero attached hydrogens (tertiary/aromatic N) is 3. The molecular weight excluding hydrogens is 552 g/mol. The number of anilines is 2. The number of esters is 1. The number of aliphatic hydroxyl groups excluding tert-OH is 1. The van der Waals surface area contributed by atoms with Crippen molar-refractivity contribution >= 4 is 35.1 Å². The lowest BCUT2D eigenvalue weighted by Crippen LogP contribution is -2.57. The van der Waals surface area contributed by atoms with E-state index >= 15 is 0 Å². The number of carbonyl (C=O) groups is 4. The highest BCUT2D eigenvalue weighted by molar-refractivity contribution is 6.05. The molecule has 0 aliphatic carbocycles. The molecule has 1 aromatic carbocycles. The Bertz CT molecular complexity index is 1290. The second-order valence-electron chi connectivity index (χ2n) is 11.7. The molecule has 11 heteroatoms. The number of rotatable bonds is 6. The Labute approximate surface area is 252 Å². The summed E-state index contributed by atoms with van der Waals surface area (Å²) < 4.78 is 12.4. The first-order valence-electron chi connectivity index (χ1n) is 15.3. The molecule has 0 aromatic heterocycles. The van der Waals surface area contributed by atoms with Gasteiger partial charge >= 0.3 is 5.97 Å². The number of aliphatic hydroxyl groups is 1. The fourth-order valence-corrected chi connectivity index (χ4v) is 6.83. The van der Waals surface area contributed by atoms with Crippen molar-refractivity contribution in [2.75, 3.05) is 42.6 Å². The third-order valence-corrected chi connectivity index (χ3v) is 9.00. The van der Waals surface area contributed by atoms with E-state index in [1.165, 1.54) is 4.90 Å². The van der Waals surface area contributed by atoms with Crippen LogP contribution >= 0.6 is 0 Å². The summed E-state index contributed by atoms with van der Waals surface area (Å²) in [6.45, 7) is 9.26. The van der Waals surface area contributed by atoms with Crippen LogP contribution in [0, 0.1) is 11.8 Å². The van der Waals surface area contributed by atoms with Gasteiger partial charge in [-0.05, 0) is 58.4 Å². The van der Waals surface area contributed by atoms with E-state index in [1.807, 2.05) is 30.3 Å². The minimum Gasteiger partial charge on any atom is -0.460 e. The summed E-state index contributed by atoms with van der Waals surface area (Å²) in [5.74, 6) is -3.62. The van der Waals surface area contributed by atoms with E-state index in [-0.39, 0.29) is 37.9 Å². The third-order valence-electron chi connectivity index (χ3n) is 9.00. The van der Waals surface area contributed by atoms with Gasteiger partial charge in [0.05, 0.1) is 31.2 Å². The largest absolute Gasteiger partial charge is 0.460 e. The van der Waals surface area contributed by atoms with E-state index in [1.54, 1.807) is 37.0 Å². The van der Waals surface area contributed by atoms with Gasteiger partial charge in [-0.2, -0.15) is 0 Å². The zero-order valence-electron chi connectivity index (χ0n) is 25.3. The molecule has 4 heterocycles. The van der Waals surface area contributed by atoms with Gasteiger partial charge in [-0.3, -0.25) is 19.2 Å². The molecule has 2 fully saturated rings. The normalized spacial score (nSPS) is 32.4. The number of fused-ring (bicyclic) bond motifs is 2. The van der Waals surface area contributed by atoms with E-state index < -0.39 is 53.6 Å². The zero-order valence-corrected chi connectivity index (χ0v) is 25.3. The Balaban J connectivity index is 1.56. The van der Waals surface area contributed by atoms with Crippen LogP contribution in [0.3, 0.4) is 0 Å². The van der Waals surface area contributed by atoms with Gasteiger partial charge in [0.15, 0.2) is 0 Å². The number of ether oxygens (including phenoxy) is 2. The minimum absolute atomic E-state index is 0.146. The minimum atomic E-state index is -1.45. The van der Waals surface area contributed by atoms with Crippen LogP contribution in [0.4, 0.5) is 11.4 Å². The highest BCUT2D eigenvalue weighted by Gasteiger charge is 2.72. The van der Waals surface area contributed by atoms with E-state index in [4.69, 9.17) is 9.47 Å². The SMILES string of the molecule is CCN(CC)c1ccc(N2CC=C[C@]34O[C@@H]5/C=C\CCC(=O)NC[C@@H](C)OC(=O)[C@@H]5[C@H]3C(=O)N([C@H](C)CO)[C@@H]4C2=O)cc1. The molecule has 5 rings (SSSR count). The van der Waals surface area contributed by atoms with Crippen LogP contribution in [-0.4, -0.2) is 96.4 Å². The molecule has 11 nitrogen and oxygen atoms in total. The van der Waals surface area contributed by atoms with Crippen LogP contribution < -0.4 is 15.1 Å². The van der Waals surface area contributed by atoms with Crippen LogP contribution in [0.25, 0.3) is 0 Å². The van der Waals surface area contributed by atoms with Gasteiger partial charge in [0.25, 0.3) is 5.91 Å². The summed E-state index contributed by atoms with van der Waals surface area (Å²) in [6.07, 6.45) is 6.26. The Morgan fingerprint density at radius 3 is 2.49 bits per heavy atom. The number of hydrogen-bond donors (Lipinski definition) is 2. The molecule has 2 N–H and O–H groups in total. The van der Waals surface area contributed by atoms with Crippen LogP contribution in [0.15, 0.2) is 48.6 Å². The molecule has 43 heavy (non-hydrogen) atoms. The maximum Gasteiger partial charge on any atom is 0.313 e. The number of carbonyl (C=O) groups excluding carboxylic acids is 4. The van der Waals surface area contributed by atoms with E-state index in [2.05, 4.69) is 24.1 Å². The molecule has 2 saturated heterocycles. The summed E-state index contributed by atoms with van der Waals surface area (Å²) in [6, 6.07) is 5.93. The first-order valence-corrected chi connectivity index (χ1v) is 15.3. The quantitative estimate of drug-likeness (QED) is 0.377. The number of allylic oxidation sites excluding steroid dienone is 1. The number of nitrogens with one attached hydrogen (secondary N) is 1. The molecule has 0 saturated carbocycles. The summed E-state index contributed by atoms with van der Waals surface area (Å²) in [7, 11) is 0. The van der Waals surface area contributed by atoms with Gasteiger partial charge in [0, 0.05) is 37.4 Å². The molecule has 0 bridgehead atoms. The molecular formula is C32H42N4O7. The Morgan fingerprint density at radius 2 is 1.81 bits per heavy atom. The number of likely N-dealkylation sites (tertiary alicyclic amines) is 1. The van der Waals surface area contributed by atoms with Crippen molar-refractivity contribution in [1.82, 2.24) is 10.2 Å². The second-order valence-corrected chi connectivity index (χ2v) is 11.7. The van der Waals surface area contributed by atoms with Crippen molar-refractivity contribution in [2.45, 2.75) is 70.4 Å². The van der Waals surface area contributed by atoms with Crippen molar-refractivity contribution in [3.05, 3.63) is 48.6 Å². The molecule has 4 aliphatic rings. The predicted molar refractivity (Wildman–Crippen MR) is 160 cm³/mol. The van der Waals surface area contributed by atoms with Crippen molar-refractivity contribution in [1.29, 1.82) is 0 Å². The Hall–Kier alpha value is -3.70. The average Bonchev–Trinajstić information content (AvgIpc) is 3.39. The van der Waals surface area contributed by atoms with Crippen LogP contribution in [-0.2, 0) is 28.7 Å². The van der Waals surface area contributed by atoms with Gasteiger partial charge in [0.1, 0.15) is 23.7 Å². The molecule has 4 aliphatic heterocycles. The van der Waals surface area contributed by atoms with Gasteiger partial charge in [-0.1, -0.05) is 24.3 Å². The molecule has 3 amide bonds. The Kier molecular flexibility index (Phi) is 8.94. The predicted octanol–water partition coefficient (Wildman–Crippen LogP) is 1.80. The molecule has 0 radical (unpaired) electrons. The van der Waals surface area contributed by atoms with Crippen LogP contribution in [0.2, 0.25) is 0 Å². The summed E-state index contributed by atoms with van der Waals surface area (Å²) in [5.41, 5.74) is 0.258. The van der Waals surface area contributed by atoms with Crippen molar-refractivity contribution < 1.29 is 33.8 Å². The summed E-state index contributed by atoms with van der Waals surface area (Å²) in [5, 5.41) is 12.9. The van der Waals surface area contributed by atoms with Gasteiger partial charge in [-0.15, -0.1) is 0 Å². The van der Waals surface area contributed by atoms with Crippen molar-refractivity contribution in [3.8, 4) is 0 Å². The van der Waals surface area contributed by atoms with Crippen molar-refractivity contribution in [3.63, 3.8) is 0 Å². The van der Waals surface area contributed by atoms with E-state index in [0.29, 0.717) is 12.1 Å². The number of amides is 3. The number of cyclic esters (lactones) is 1. The highest BCUT2D eigenvalue weighted by atomic mass is 16.6. The molecule has 232 valence electrons. The smallest absolute Gasteiger partial charge is 0.313 e. The first kappa shape index (κ1) is 30.7. The maximum atomic E-state index is 14.5. The van der Waals surface area contributed by atoms with Gasteiger partial charge < -0.3 is 34.6 Å². The fourth-order valence-electron chi connectivity index (χ4n) is 6.83. The van der Waals surface area contributed by atoms with E-state index in [9.17, 15) is 24.3 Å². The first-order chi connectivity index (χ1) is 20.7. The third kappa shape index (κ3) is 5.44. The lowest BCUT2D eigenvalue weighted by molar-refractivity contribution is -0.159. The monoisotopic (exact) mass is 594 g/mol. The lowest BCUT2D eigenvalue weighted by Gasteiger charge is -2.37. The fraction of sp³-hybridized carbons (Fsp3) is 0.562. The zero-order chi connectivity index (χ0) is 30.9. The number of benzene rings is 1. The van der Waals surface area contributed by atoms with Crippen molar-refractivity contribution in [2.24, 2.45) is 11.8 Å². The average molecular weight is 595 g/mol. The molecule has 1 aromatic rings. The lowest BCUT2D eigenvalue weighted by atomic mass is 9.78. The van der Waals surface area contributed by atoms with E-state index in [0.717, 1.165) is 18.8 Å². The van der Waals surface area contributed by atoms with Crippen LogP contribution in [0.1, 0.15) is 40.5 Å². The molecule has 0 unspecified atom stereocenters. The highest BCUT2D eigenvalue weighted by Crippen LogP contribution is 2.53. The summed E-state index contributed by atoms with van der Waals surface area (Å²) in [4.78, 5) is 59.9. The maximum absolute atomic E-state index is 14.5. The van der Waals surface area contributed by atoms with Gasteiger partial charge in [-0.25, -0.2) is 0 Å². The molecule has 1 spiro atoms. The topological polar surface area (TPSA) is 129 Å². The van der Waals surface area contributed by atoms with Crippen LogP contribution in [0.5, 0.6) is 0 Å². The second kappa shape index (κ2) is 12.5.